The second-order valence-electron chi connectivity index (χ2n) is 6.42. The minimum atomic E-state index is -0.0601. The molecule has 0 aliphatic rings. The van der Waals surface area contributed by atoms with Gasteiger partial charge in [0.2, 0.25) is 5.91 Å². The van der Waals surface area contributed by atoms with Gasteiger partial charge in [-0.1, -0.05) is 53.8 Å². The first kappa shape index (κ1) is 16.4. The van der Waals surface area contributed by atoms with Crippen LogP contribution in [0, 0.1) is 6.92 Å². The smallest absolute Gasteiger partial charge is 0.230 e. The zero-order chi connectivity index (χ0) is 18.4. The van der Waals surface area contributed by atoms with Gasteiger partial charge in [-0.05, 0) is 35.4 Å². The second kappa shape index (κ2) is 6.40. The normalized spacial score (nSPS) is 11.4. The van der Waals surface area contributed by atoms with Crippen molar-refractivity contribution < 1.29 is 4.79 Å². The number of hydrogen-bond acceptors (Lipinski definition) is 5. The van der Waals surface area contributed by atoms with Crippen LogP contribution in [0.5, 0.6) is 0 Å². The molecular formula is C21H15N3OS2. The monoisotopic (exact) mass is 389 g/mol. The van der Waals surface area contributed by atoms with E-state index in [9.17, 15) is 4.79 Å². The molecular weight excluding hydrogens is 374 g/mol. The fourth-order valence-corrected chi connectivity index (χ4v) is 5.11. The minimum Gasteiger partial charge on any atom is -0.302 e. The Labute approximate surface area is 163 Å². The summed E-state index contributed by atoms with van der Waals surface area (Å²) in [6.45, 7) is 2.00. The highest BCUT2D eigenvalue weighted by molar-refractivity contribution is 7.24. The number of nitrogens with zero attached hydrogens (tertiary/aromatic N) is 2. The summed E-state index contributed by atoms with van der Waals surface area (Å²) in [7, 11) is 0. The number of hydrogen-bond donors (Lipinski definition) is 1. The quantitative estimate of drug-likeness (QED) is 0.440. The summed E-state index contributed by atoms with van der Waals surface area (Å²) in [5.41, 5.74) is 2.84. The lowest BCUT2D eigenvalue weighted by molar-refractivity contribution is -0.115. The number of amides is 1. The van der Waals surface area contributed by atoms with Crippen LogP contribution < -0.4 is 5.32 Å². The molecule has 2 heterocycles. The Morgan fingerprint density at radius 3 is 2.74 bits per heavy atom. The van der Waals surface area contributed by atoms with Crippen LogP contribution in [-0.4, -0.2) is 15.9 Å². The van der Waals surface area contributed by atoms with E-state index in [0.717, 1.165) is 36.4 Å². The van der Waals surface area contributed by atoms with Gasteiger partial charge in [-0.25, -0.2) is 9.97 Å². The van der Waals surface area contributed by atoms with Crippen LogP contribution >= 0.6 is 22.7 Å². The van der Waals surface area contributed by atoms with E-state index in [1.54, 1.807) is 11.3 Å². The third-order valence-corrected chi connectivity index (χ3v) is 6.38. The summed E-state index contributed by atoms with van der Waals surface area (Å²) in [5, 5.41) is 6.92. The SMILES string of the molecule is Cc1nc2c(ccc3nc(NC(=O)Cc4ccc5ccccc5c4)sc32)s1. The van der Waals surface area contributed by atoms with Crippen LogP contribution in [0.1, 0.15) is 10.6 Å². The van der Waals surface area contributed by atoms with Gasteiger partial charge in [0.1, 0.15) is 5.52 Å². The maximum absolute atomic E-state index is 12.5. The number of aryl methyl sites for hydroxylation is 1. The van der Waals surface area contributed by atoms with Crippen LogP contribution in [0.4, 0.5) is 5.13 Å². The number of anilines is 1. The summed E-state index contributed by atoms with van der Waals surface area (Å²) < 4.78 is 2.18. The maximum Gasteiger partial charge on any atom is 0.230 e. The van der Waals surface area contributed by atoms with Gasteiger partial charge < -0.3 is 5.32 Å². The lowest BCUT2D eigenvalue weighted by Gasteiger charge is -2.04. The molecule has 4 nitrogen and oxygen atoms in total. The number of benzene rings is 3. The third kappa shape index (κ3) is 3.07. The van der Waals surface area contributed by atoms with Gasteiger partial charge in [0.25, 0.3) is 0 Å². The highest BCUT2D eigenvalue weighted by atomic mass is 32.1. The molecule has 0 spiro atoms. The Bertz CT molecular complexity index is 1320. The largest absolute Gasteiger partial charge is 0.302 e. The van der Waals surface area contributed by atoms with Gasteiger partial charge in [-0.2, -0.15) is 0 Å². The molecule has 0 fully saturated rings. The van der Waals surface area contributed by atoms with E-state index < -0.39 is 0 Å². The molecule has 6 heteroatoms. The van der Waals surface area contributed by atoms with E-state index >= 15 is 0 Å². The van der Waals surface area contributed by atoms with Crippen molar-refractivity contribution in [3.05, 3.63) is 65.2 Å². The summed E-state index contributed by atoms with van der Waals surface area (Å²) in [4.78, 5) is 21.7. The van der Waals surface area contributed by atoms with Gasteiger partial charge >= 0.3 is 0 Å². The number of carbonyl (C=O) groups excluding carboxylic acids is 1. The Balaban J connectivity index is 1.40. The second-order valence-corrected chi connectivity index (χ2v) is 8.65. The Hall–Kier alpha value is -2.83. The molecule has 0 aliphatic heterocycles. The van der Waals surface area contributed by atoms with Crippen molar-refractivity contribution in [1.82, 2.24) is 9.97 Å². The summed E-state index contributed by atoms with van der Waals surface area (Å²) >= 11 is 3.16. The first-order valence-electron chi connectivity index (χ1n) is 8.60. The zero-order valence-corrected chi connectivity index (χ0v) is 16.2. The molecule has 0 bridgehead atoms. The lowest BCUT2D eigenvalue weighted by Crippen LogP contribution is -2.14. The predicted octanol–water partition coefficient (Wildman–Crippen LogP) is 5.55. The summed E-state index contributed by atoms with van der Waals surface area (Å²) in [6.07, 6.45) is 0.325. The highest BCUT2D eigenvalue weighted by Gasteiger charge is 2.13. The van der Waals surface area contributed by atoms with Gasteiger partial charge in [0, 0.05) is 0 Å². The van der Waals surface area contributed by atoms with E-state index in [1.165, 1.54) is 16.7 Å². The number of rotatable bonds is 3. The van der Waals surface area contributed by atoms with E-state index in [0.29, 0.717) is 11.6 Å². The van der Waals surface area contributed by atoms with E-state index in [-0.39, 0.29) is 5.91 Å². The molecule has 27 heavy (non-hydrogen) atoms. The Morgan fingerprint density at radius 2 is 1.85 bits per heavy atom. The minimum absolute atomic E-state index is 0.0601. The van der Waals surface area contributed by atoms with Crippen molar-refractivity contribution >= 4 is 64.9 Å². The molecule has 0 unspecified atom stereocenters. The molecule has 0 radical (unpaired) electrons. The fourth-order valence-electron chi connectivity index (χ4n) is 3.24. The fraction of sp³-hybridized carbons (Fsp3) is 0.0952. The lowest BCUT2D eigenvalue weighted by atomic mass is 10.1. The van der Waals surface area contributed by atoms with Gasteiger partial charge in [0.15, 0.2) is 5.13 Å². The van der Waals surface area contributed by atoms with Crippen LogP contribution in [0.25, 0.3) is 31.2 Å². The number of nitrogens with one attached hydrogen (secondary N) is 1. The number of carbonyl (C=O) groups is 1. The molecule has 5 rings (SSSR count). The van der Waals surface area contributed by atoms with Crippen molar-refractivity contribution in [2.75, 3.05) is 5.32 Å². The first-order valence-corrected chi connectivity index (χ1v) is 10.2. The molecule has 2 aromatic heterocycles. The van der Waals surface area contributed by atoms with E-state index in [2.05, 4.69) is 39.6 Å². The van der Waals surface area contributed by atoms with E-state index in [4.69, 9.17) is 0 Å². The van der Waals surface area contributed by atoms with Crippen LogP contribution in [0.15, 0.2) is 54.6 Å². The first-order chi connectivity index (χ1) is 13.2. The average molecular weight is 390 g/mol. The third-order valence-electron chi connectivity index (χ3n) is 4.45. The average Bonchev–Trinajstić information content (AvgIpc) is 3.23. The zero-order valence-electron chi connectivity index (χ0n) is 14.5. The maximum atomic E-state index is 12.5. The Morgan fingerprint density at radius 1 is 1.00 bits per heavy atom. The summed E-state index contributed by atoms with van der Waals surface area (Å²) in [5.74, 6) is -0.0601. The molecule has 1 amide bonds. The predicted molar refractivity (Wildman–Crippen MR) is 114 cm³/mol. The molecule has 0 saturated heterocycles. The van der Waals surface area contributed by atoms with Crippen molar-refractivity contribution in [2.45, 2.75) is 13.3 Å². The number of fused-ring (bicyclic) bond motifs is 4. The van der Waals surface area contributed by atoms with Crippen molar-refractivity contribution in [3.63, 3.8) is 0 Å². The van der Waals surface area contributed by atoms with Crippen LogP contribution in [-0.2, 0) is 11.2 Å². The molecule has 3 aromatic carbocycles. The molecule has 132 valence electrons. The molecule has 5 aromatic rings. The van der Waals surface area contributed by atoms with Gasteiger partial charge in [0.05, 0.1) is 26.3 Å². The van der Waals surface area contributed by atoms with Crippen molar-refractivity contribution in [3.8, 4) is 0 Å². The molecule has 1 N–H and O–H groups in total. The number of aromatic nitrogens is 2. The Kier molecular flexibility index (Phi) is 3.88. The van der Waals surface area contributed by atoms with Gasteiger partial charge in [-0.15, -0.1) is 11.3 Å². The highest BCUT2D eigenvalue weighted by Crippen LogP contribution is 2.34. The molecule has 0 aliphatic carbocycles. The summed E-state index contributed by atoms with van der Waals surface area (Å²) in [6, 6.07) is 18.3. The standard InChI is InChI=1S/C21H15N3OS2/c1-12-22-19-17(26-12)9-8-16-20(19)27-21(23-16)24-18(25)11-13-6-7-14-4-2-3-5-15(14)10-13/h2-10H,11H2,1H3,(H,23,24,25). The molecule has 0 saturated carbocycles. The van der Waals surface area contributed by atoms with Crippen molar-refractivity contribution in [2.24, 2.45) is 0 Å². The van der Waals surface area contributed by atoms with Crippen molar-refractivity contribution in [1.29, 1.82) is 0 Å². The topological polar surface area (TPSA) is 54.9 Å². The molecule has 0 atom stereocenters. The van der Waals surface area contributed by atoms with Gasteiger partial charge in [-0.3, -0.25) is 4.79 Å². The van der Waals surface area contributed by atoms with E-state index in [1.807, 2.05) is 37.3 Å². The van der Waals surface area contributed by atoms with Crippen LogP contribution in [0.3, 0.4) is 0 Å². The number of thiazole rings is 2. The van der Waals surface area contributed by atoms with Crippen LogP contribution in [0.2, 0.25) is 0 Å².